The van der Waals surface area contributed by atoms with E-state index >= 15 is 0 Å². The maximum atomic E-state index is 13.2. The van der Waals surface area contributed by atoms with Gasteiger partial charge in [0.05, 0.1) is 5.56 Å². The van der Waals surface area contributed by atoms with Crippen LogP contribution < -0.4 is 15.5 Å². The molecule has 1 unspecified atom stereocenters. The second-order valence-corrected chi connectivity index (χ2v) is 10.2. The molecule has 2 aromatic rings. The van der Waals surface area contributed by atoms with Crippen LogP contribution in [0.2, 0.25) is 0 Å². The Morgan fingerprint density at radius 3 is 2.31 bits per heavy atom. The molecule has 3 rings (SSSR count). The van der Waals surface area contributed by atoms with Crippen molar-refractivity contribution in [1.29, 1.82) is 0 Å². The number of alkyl halides is 3. The van der Waals surface area contributed by atoms with Crippen molar-refractivity contribution >= 4 is 39.9 Å². The summed E-state index contributed by atoms with van der Waals surface area (Å²) in [6.07, 6.45) is -1.13. The third-order valence-electron chi connectivity index (χ3n) is 5.72. The summed E-state index contributed by atoms with van der Waals surface area (Å²) < 4.78 is 52.3. The molecule has 11 heteroatoms. The topological polar surface area (TPSA) is 95.6 Å². The van der Waals surface area contributed by atoms with Gasteiger partial charge in [-0.15, -0.1) is 0 Å². The Labute approximate surface area is 209 Å². The summed E-state index contributed by atoms with van der Waals surface area (Å²) >= 11 is 0. The Balaban J connectivity index is 1.69. The molecule has 1 aliphatic rings. The minimum Gasteiger partial charge on any atom is -0.352 e. The average molecular weight is 524 g/mol. The lowest BCUT2D eigenvalue weighted by Crippen LogP contribution is -2.45. The predicted octanol–water partition coefficient (Wildman–Crippen LogP) is 3.79. The van der Waals surface area contributed by atoms with Crippen molar-refractivity contribution < 1.29 is 31.8 Å². The number of amides is 3. The van der Waals surface area contributed by atoms with Crippen LogP contribution in [0.1, 0.15) is 36.8 Å². The number of nitrogens with zero attached hydrogens (tertiary/aromatic N) is 1. The maximum absolute atomic E-state index is 13.2. The van der Waals surface area contributed by atoms with Gasteiger partial charge >= 0.3 is 6.18 Å². The van der Waals surface area contributed by atoms with Crippen LogP contribution >= 0.6 is 0 Å². The second kappa shape index (κ2) is 12.2. The van der Waals surface area contributed by atoms with E-state index in [0.29, 0.717) is 5.69 Å². The minimum absolute atomic E-state index is 0.0458. The van der Waals surface area contributed by atoms with Crippen molar-refractivity contribution in [3.63, 3.8) is 0 Å². The van der Waals surface area contributed by atoms with Crippen molar-refractivity contribution in [2.75, 3.05) is 28.3 Å². The van der Waals surface area contributed by atoms with Gasteiger partial charge in [-0.05, 0) is 50.1 Å². The van der Waals surface area contributed by atoms with Crippen molar-refractivity contribution in [3.8, 4) is 0 Å². The van der Waals surface area contributed by atoms with Gasteiger partial charge in [-0.25, -0.2) is 0 Å². The highest BCUT2D eigenvalue weighted by atomic mass is 32.2. The number of nitrogens with one attached hydrogen (secondary N) is 2. The molecule has 0 aromatic heterocycles. The average Bonchev–Trinajstić information content (AvgIpc) is 3.31. The summed E-state index contributed by atoms with van der Waals surface area (Å²) in [4.78, 5) is 38.7. The van der Waals surface area contributed by atoms with Crippen molar-refractivity contribution in [1.82, 2.24) is 5.32 Å². The van der Waals surface area contributed by atoms with E-state index in [2.05, 4.69) is 10.6 Å². The van der Waals surface area contributed by atoms with E-state index in [0.717, 1.165) is 54.3 Å². The Morgan fingerprint density at radius 2 is 1.67 bits per heavy atom. The molecule has 0 radical (unpaired) electrons. The van der Waals surface area contributed by atoms with Crippen LogP contribution in [0.15, 0.2) is 48.5 Å². The fourth-order valence-corrected chi connectivity index (χ4v) is 4.81. The van der Waals surface area contributed by atoms with E-state index in [9.17, 15) is 31.8 Å². The summed E-state index contributed by atoms with van der Waals surface area (Å²) in [5.41, 5.74) is 0.377. The fourth-order valence-electron chi connectivity index (χ4n) is 3.91. The molecule has 1 saturated carbocycles. The first-order valence-electron chi connectivity index (χ1n) is 11.5. The first-order valence-corrected chi connectivity index (χ1v) is 13.0. The zero-order chi connectivity index (χ0) is 26.3. The Morgan fingerprint density at radius 1 is 1.00 bits per heavy atom. The molecule has 0 heterocycles. The molecular weight excluding hydrogens is 495 g/mol. The molecule has 36 heavy (non-hydrogen) atoms. The Bertz CT molecular complexity index is 1120. The van der Waals surface area contributed by atoms with Gasteiger partial charge in [0.1, 0.15) is 18.1 Å². The van der Waals surface area contributed by atoms with E-state index < -0.39 is 58.3 Å². The molecular formula is C25H28F3N3O4S. The number of anilines is 2. The lowest BCUT2D eigenvalue weighted by Gasteiger charge is -2.24. The predicted molar refractivity (Wildman–Crippen MR) is 132 cm³/mol. The van der Waals surface area contributed by atoms with Gasteiger partial charge < -0.3 is 15.5 Å². The van der Waals surface area contributed by atoms with Gasteiger partial charge in [-0.3, -0.25) is 18.6 Å². The number of carbonyl (C=O) groups is 3. The number of aryl methyl sites for hydroxylation is 1. The Hall–Kier alpha value is -3.21. The highest BCUT2D eigenvalue weighted by Crippen LogP contribution is 2.31. The van der Waals surface area contributed by atoms with Crippen molar-refractivity contribution in [2.45, 2.75) is 44.8 Å². The molecule has 7 nitrogen and oxygen atoms in total. The van der Waals surface area contributed by atoms with Gasteiger partial charge in [-0.1, -0.05) is 36.6 Å². The van der Waals surface area contributed by atoms with Crippen LogP contribution in [-0.2, 0) is 31.4 Å². The number of benzene rings is 2. The van der Waals surface area contributed by atoms with Crippen LogP contribution in [0.25, 0.3) is 0 Å². The minimum atomic E-state index is -4.65. The smallest absolute Gasteiger partial charge is 0.352 e. The summed E-state index contributed by atoms with van der Waals surface area (Å²) in [5, 5.41) is 5.39. The van der Waals surface area contributed by atoms with Crippen LogP contribution in [0, 0.1) is 6.92 Å². The quantitative estimate of drug-likeness (QED) is 0.523. The zero-order valence-electron chi connectivity index (χ0n) is 19.8. The molecule has 2 aromatic carbocycles. The molecule has 0 aliphatic heterocycles. The van der Waals surface area contributed by atoms with Crippen molar-refractivity contribution in [3.05, 3.63) is 59.7 Å². The first-order chi connectivity index (χ1) is 17.0. The van der Waals surface area contributed by atoms with E-state index in [4.69, 9.17) is 0 Å². The second-order valence-electron chi connectivity index (χ2n) is 8.72. The Kier molecular flexibility index (Phi) is 9.25. The first kappa shape index (κ1) is 27.4. The highest BCUT2D eigenvalue weighted by molar-refractivity contribution is 7.86. The molecule has 3 amide bonds. The van der Waals surface area contributed by atoms with Gasteiger partial charge in [0.25, 0.3) is 0 Å². The van der Waals surface area contributed by atoms with Gasteiger partial charge in [0, 0.05) is 28.2 Å². The molecule has 0 spiro atoms. The van der Waals surface area contributed by atoms with Gasteiger partial charge in [-0.2, -0.15) is 13.2 Å². The largest absolute Gasteiger partial charge is 0.416 e. The lowest BCUT2D eigenvalue weighted by molar-refractivity contribution is -0.137. The summed E-state index contributed by atoms with van der Waals surface area (Å²) in [5.74, 6) is -3.03. The van der Waals surface area contributed by atoms with Crippen LogP contribution in [0.4, 0.5) is 24.5 Å². The third kappa shape index (κ3) is 8.18. The van der Waals surface area contributed by atoms with Crippen LogP contribution in [0.3, 0.4) is 0 Å². The summed E-state index contributed by atoms with van der Waals surface area (Å²) in [7, 11) is -1.95. The number of carbonyl (C=O) groups excluding carboxylic acids is 3. The van der Waals surface area contributed by atoms with Crippen molar-refractivity contribution in [2.24, 2.45) is 0 Å². The number of halogens is 3. The van der Waals surface area contributed by atoms with Gasteiger partial charge in [0.15, 0.2) is 0 Å². The van der Waals surface area contributed by atoms with E-state index in [1.54, 1.807) is 24.3 Å². The number of rotatable bonds is 9. The summed E-state index contributed by atoms with van der Waals surface area (Å²) in [6, 6.07) is 10.9. The standard InChI is InChI=1S/C25H28F3N3O4S/c1-17-9-11-20(12-10-17)30-23(33)15-36(35)16-24(34)31(14-22(32)29-19-6-2-3-7-19)21-8-4-5-18(13-21)25(26,27)28/h4-5,8-13,19H,2-3,6-7,14-16H2,1H3,(H,29,32)(H,30,33). The van der Waals surface area contributed by atoms with E-state index in [-0.39, 0.29) is 11.7 Å². The number of hydrogen-bond donors (Lipinski definition) is 2. The van der Waals surface area contributed by atoms with Gasteiger partial charge in [0.2, 0.25) is 17.7 Å². The number of hydrogen-bond acceptors (Lipinski definition) is 4. The monoisotopic (exact) mass is 523 g/mol. The normalized spacial score (nSPS) is 14.8. The van der Waals surface area contributed by atoms with E-state index in [1.165, 1.54) is 6.07 Å². The van der Waals surface area contributed by atoms with E-state index in [1.807, 2.05) is 6.92 Å². The molecule has 0 bridgehead atoms. The molecule has 1 fully saturated rings. The third-order valence-corrected chi connectivity index (χ3v) is 6.87. The molecule has 0 saturated heterocycles. The van der Waals surface area contributed by atoms with Crippen LogP contribution in [0.5, 0.6) is 0 Å². The SMILES string of the molecule is Cc1ccc(NC(=O)CS(=O)CC(=O)N(CC(=O)NC2CCCC2)c2cccc(C(F)(F)F)c2)cc1. The summed E-state index contributed by atoms with van der Waals surface area (Å²) in [6.45, 7) is 1.36. The molecule has 1 atom stereocenters. The van der Waals surface area contributed by atoms with Crippen LogP contribution in [-0.4, -0.2) is 46.0 Å². The maximum Gasteiger partial charge on any atom is 0.416 e. The highest BCUT2D eigenvalue weighted by Gasteiger charge is 2.32. The molecule has 194 valence electrons. The molecule has 1 aliphatic carbocycles. The lowest BCUT2D eigenvalue weighted by atomic mass is 10.1. The molecule has 2 N–H and O–H groups in total. The fraction of sp³-hybridized carbons (Fsp3) is 0.400. The zero-order valence-corrected chi connectivity index (χ0v) is 20.6.